The Labute approximate surface area is 110 Å². The van der Waals surface area contributed by atoms with E-state index in [2.05, 4.69) is 0 Å². The maximum atomic E-state index is 12.4. The summed E-state index contributed by atoms with van der Waals surface area (Å²) in [5.74, 6) is -0.749. The zero-order valence-electron chi connectivity index (χ0n) is 10.3. The monoisotopic (exact) mass is 266 g/mol. The number of Topliss-reactive ketones (excluding diaryl/α,β-unsaturated/α-hetero) is 1. The molecule has 0 saturated carbocycles. The lowest BCUT2D eigenvalue weighted by atomic mass is 9.78. The van der Waals surface area contributed by atoms with Gasteiger partial charge in [-0.25, -0.2) is 0 Å². The van der Waals surface area contributed by atoms with Crippen molar-refractivity contribution in [2.24, 2.45) is 5.41 Å². The molecule has 0 radical (unpaired) electrons. The van der Waals surface area contributed by atoms with Crippen LogP contribution in [-0.4, -0.2) is 38.3 Å². The largest absolute Gasteiger partial charge is 0.468 e. The van der Waals surface area contributed by atoms with Gasteiger partial charge in [-0.05, 0) is 18.4 Å². The summed E-state index contributed by atoms with van der Waals surface area (Å²) in [4.78, 5) is 25.2. The lowest BCUT2D eigenvalue weighted by molar-refractivity contribution is -0.172. The van der Waals surface area contributed by atoms with Crippen molar-refractivity contribution in [2.45, 2.75) is 4.90 Å². The van der Waals surface area contributed by atoms with E-state index in [1.807, 2.05) is 18.4 Å². The van der Waals surface area contributed by atoms with E-state index < -0.39 is 11.4 Å². The SMILES string of the molecule is COC(=O)C1(C(=O)c2ccc(SC)cc2)COC1. The van der Waals surface area contributed by atoms with E-state index in [-0.39, 0.29) is 19.0 Å². The molecule has 0 aliphatic carbocycles. The molecule has 0 bridgehead atoms. The number of esters is 1. The summed E-state index contributed by atoms with van der Waals surface area (Å²) in [7, 11) is 1.28. The van der Waals surface area contributed by atoms with E-state index in [0.29, 0.717) is 5.56 Å². The molecule has 0 unspecified atom stereocenters. The fraction of sp³-hybridized carbons (Fsp3) is 0.385. The molecular weight excluding hydrogens is 252 g/mol. The van der Waals surface area contributed by atoms with Gasteiger partial charge in [-0.2, -0.15) is 0 Å². The van der Waals surface area contributed by atoms with Crippen LogP contribution in [0.15, 0.2) is 29.2 Å². The molecule has 0 atom stereocenters. The second kappa shape index (κ2) is 5.12. The van der Waals surface area contributed by atoms with Crippen LogP contribution >= 0.6 is 11.8 Å². The smallest absolute Gasteiger partial charge is 0.324 e. The number of thioether (sulfide) groups is 1. The number of carbonyl (C=O) groups is 2. The molecule has 1 aromatic rings. The molecule has 96 valence electrons. The predicted octanol–water partition coefficient (Wildman–Crippen LogP) is 1.78. The van der Waals surface area contributed by atoms with Gasteiger partial charge in [0.05, 0.1) is 20.3 Å². The van der Waals surface area contributed by atoms with Gasteiger partial charge in [0.25, 0.3) is 0 Å². The highest BCUT2D eigenvalue weighted by atomic mass is 32.2. The first-order valence-corrected chi connectivity index (χ1v) is 6.71. The van der Waals surface area contributed by atoms with Crippen LogP contribution in [0.4, 0.5) is 0 Å². The average molecular weight is 266 g/mol. The maximum absolute atomic E-state index is 12.4. The molecule has 18 heavy (non-hydrogen) atoms. The third-order valence-electron chi connectivity index (χ3n) is 3.06. The molecule has 1 saturated heterocycles. The summed E-state index contributed by atoms with van der Waals surface area (Å²) in [5, 5.41) is 0. The number of rotatable bonds is 4. The third kappa shape index (κ3) is 2.04. The van der Waals surface area contributed by atoms with Gasteiger partial charge in [0.1, 0.15) is 0 Å². The van der Waals surface area contributed by atoms with Gasteiger partial charge in [0.15, 0.2) is 11.2 Å². The Morgan fingerprint density at radius 1 is 1.28 bits per heavy atom. The van der Waals surface area contributed by atoms with Gasteiger partial charge in [-0.15, -0.1) is 11.8 Å². The van der Waals surface area contributed by atoms with Crippen LogP contribution in [0.5, 0.6) is 0 Å². The first kappa shape index (κ1) is 13.1. The molecule has 5 heteroatoms. The predicted molar refractivity (Wildman–Crippen MR) is 67.8 cm³/mol. The Morgan fingerprint density at radius 2 is 1.89 bits per heavy atom. The highest BCUT2D eigenvalue weighted by molar-refractivity contribution is 7.98. The van der Waals surface area contributed by atoms with Crippen molar-refractivity contribution in [1.29, 1.82) is 0 Å². The van der Waals surface area contributed by atoms with E-state index in [1.165, 1.54) is 7.11 Å². The van der Waals surface area contributed by atoms with Crippen molar-refractivity contribution in [3.8, 4) is 0 Å². The zero-order valence-corrected chi connectivity index (χ0v) is 11.1. The lowest BCUT2D eigenvalue weighted by Gasteiger charge is -2.36. The van der Waals surface area contributed by atoms with Crippen molar-refractivity contribution in [3.63, 3.8) is 0 Å². The van der Waals surface area contributed by atoms with Crippen LogP contribution in [0.3, 0.4) is 0 Å². The molecule has 1 fully saturated rings. The van der Waals surface area contributed by atoms with Crippen molar-refractivity contribution in [3.05, 3.63) is 29.8 Å². The standard InChI is InChI=1S/C13H14O4S/c1-16-12(15)13(7-17-8-13)11(14)9-3-5-10(18-2)6-4-9/h3-6H,7-8H2,1-2H3. The Bertz CT molecular complexity index is 462. The Kier molecular flexibility index (Phi) is 3.73. The van der Waals surface area contributed by atoms with Crippen molar-refractivity contribution in [2.75, 3.05) is 26.6 Å². The van der Waals surface area contributed by atoms with E-state index in [0.717, 1.165) is 4.90 Å². The van der Waals surface area contributed by atoms with E-state index in [1.54, 1.807) is 23.9 Å². The van der Waals surface area contributed by atoms with Gasteiger partial charge in [-0.3, -0.25) is 9.59 Å². The summed E-state index contributed by atoms with van der Waals surface area (Å²) < 4.78 is 9.72. The Hall–Kier alpha value is -1.33. The zero-order chi connectivity index (χ0) is 13.2. The second-order valence-corrected chi connectivity index (χ2v) is 5.00. The fourth-order valence-corrected chi connectivity index (χ4v) is 2.27. The second-order valence-electron chi connectivity index (χ2n) is 4.12. The topological polar surface area (TPSA) is 52.6 Å². The fourth-order valence-electron chi connectivity index (χ4n) is 1.86. The summed E-state index contributed by atoms with van der Waals surface area (Å²) in [6.45, 7) is 0.200. The van der Waals surface area contributed by atoms with Gasteiger partial charge < -0.3 is 9.47 Å². The molecule has 4 nitrogen and oxygen atoms in total. The van der Waals surface area contributed by atoms with E-state index in [4.69, 9.17) is 9.47 Å². The number of ketones is 1. The van der Waals surface area contributed by atoms with Gasteiger partial charge in [0, 0.05) is 10.5 Å². The molecule has 1 aliphatic heterocycles. The third-order valence-corrected chi connectivity index (χ3v) is 3.80. The number of methoxy groups -OCH3 is 1. The minimum absolute atomic E-state index is 0.1000. The lowest BCUT2D eigenvalue weighted by Crippen LogP contribution is -2.55. The highest BCUT2D eigenvalue weighted by Crippen LogP contribution is 2.33. The first-order chi connectivity index (χ1) is 8.64. The molecule has 1 heterocycles. The van der Waals surface area contributed by atoms with Crippen LogP contribution in [0, 0.1) is 5.41 Å². The highest BCUT2D eigenvalue weighted by Gasteiger charge is 2.53. The molecule has 0 aromatic heterocycles. The van der Waals surface area contributed by atoms with Gasteiger partial charge in [-0.1, -0.05) is 12.1 Å². The van der Waals surface area contributed by atoms with Crippen LogP contribution in [0.2, 0.25) is 0 Å². The molecule has 0 spiro atoms. The van der Waals surface area contributed by atoms with Crippen LogP contribution in [-0.2, 0) is 14.3 Å². The number of ether oxygens (including phenoxy) is 2. The normalized spacial score (nSPS) is 16.8. The van der Waals surface area contributed by atoms with Crippen molar-refractivity contribution >= 4 is 23.5 Å². The van der Waals surface area contributed by atoms with Crippen LogP contribution < -0.4 is 0 Å². The number of hydrogen-bond acceptors (Lipinski definition) is 5. The number of carbonyl (C=O) groups excluding carboxylic acids is 2. The number of benzene rings is 1. The average Bonchev–Trinajstić information content (AvgIpc) is 2.37. The van der Waals surface area contributed by atoms with Gasteiger partial charge >= 0.3 is 5.97 Å². The van der Waals surface area contributed by atoms with Crippen molar-refractivity contribution < 1.29 is 19.1 Å². The summed E-state index contributed by atoms with van der Waals surface area (Å²) >= 11 is 1.60. The van der Waals surface area contributed by atoms with Crippen molar-refractivity contribution in [1.82, 2.24) is 0 Å². The van der Waals surface area contributed by atoms with E-state index in [9.17, 15) is 9.59 Å². The summed E-state index contributed by atoms with van der Waals surface area (Å²) in [6, 6.07) is 7.19. The Balaban J connectivity index is 2.26. The molecule has 0 amide bonds. The minimum atomic E-state index is -1.14. The molecular formula is C13H14O4S. The van der Waals surface area contributed by atoms with E-state index >= 15 is 0 Å². The molecule has 0 N–H and O–H groups in total. The van der Waals surface area contributed by atoms with Crippen LogP contribution in [0.1, 0.15) is 10.4 Å². The molecule has 1 aliphatic rings. The number of hydrogen-bond donors (Lipinski definition) is 0. The quantitative estimate of drug-likeness (QED) is 0.360. The van der Waals surface area contributed by atoms with Crippen LogP contribution in [0.25, 0.3) is 0 Å². The molecule has 1 aromatic carbocycles. The summed E-state index contributed by atoms with van der Waals surface area (Å²) in [6.07, 6.45) is 1.96. The summed E-state index contributed by atoms with van der Waals surface area (Å²) in [5.41, 5.74) is -0.628. The molecule has 2 rings (SSSR count). The van der Waals surface area contributed by atoms with Gasteiger partial charge in [0.2, 0.25) is 0 Å². The first-order valence-electron chi connectivity index (χ1n) is 5.49. The Morgan fingerprint density at radius 3 is 2.28 bits per heavy atom. The minimum Gasteiger partial charge on any atom is -0.468 e. The maximum Gasteiger partial charge on any atom is 0.324 e.